The van der Waals surface area contributed by atoms with Crippen LogP contribution in [0.25, 0.3) is 6.08 Å². The van der Waals surface area contributed by atoms with Crippen LogP contribution < -0.4 is 0 Å². The Balaban J connectivity index is 1.59. The van der Waals surface area contributed by atoms with Crippen LogP contribution in [-0.4, -0.2) is 57.7 Å². The smallest absolute Gasteiger partial charge is 0.293 e. The summed E-state index contributed by atoms with van der Waals surface area (Å²) < 4.78 is 0. The van der Waals surface area contributed by atoms with Crippen molar-refractivity contribution in [2.75, 3.05) is 19.7 Å². The molecule has 1 atom stereocenters. The number of hydrogen-bond acceptors (Lipinski definition) is 6. The molecule has 26 heavy (non-hydrogen) atoms. The van der Waals surface area contributed by atoms with Crippen LogP contribution in [0.3, 0.4) is 0 Å². The van der Waals surface area contributed by atoms with Gasteiger partial charge in [0.15, 0.2) is 0 Å². The lowest BCUT2D eigenvalue weighted by Gasteiger charge is -2.36. The molecule has 1 N–H and O–H groups in total. The molecule has 140 valence electrons. The second kappa shape index (κ2) is 8.83. The Hall–Kier alpha value is -1.64. The van der Waals surface area contributed by atoms with Gasteiger partial charge in [-0.25, -0.2) is 0 Å². The SMILES string of the molecule is O=C1SC(=Cc2cccs2)C(=O)N1CCC(=O)N1CCCCC1CCO. The number of thioether (sulfide) groups is 1. The van der Waals surface area contributed by atoms with Crippen LogP contribution in [0.2, 0.25) is 0 Å². The lowest BCUT2D eigenvalue weighted by Crippen LogP contribution is -2.45. The van der Waals surface area contributed by atoms with E-state index >= 15 is 0 Å². The first-order valence-electron chi connectivity index (χ1n) is 8.79. The van der Waals surface area contributed by atoms with Crippen LogP contribution in [0, 0.1) is 0 Å². The van der Waals surface area contributed by atoms with E-state index in [4.69, 9.17) is 0 Å². The average Bonchev–Trinajstić information content (AvgIpc) is 3.23. The van der Waals surface area contributed by atoms with Gasteiger partial charge in [0.25, 0.3) is 11.1 Å². The Morgan fingerprint density at radius 1 is 1.35 bits per heavy atom. The van der Waals surface area contributed by atoms with Crippen LogP contribution in [-0.2, 0) is 9.59 Å². The molecule has 6 nitrogen and oxygen atoms in total. The van der Waals surface area contributed by atoms with Gasteiger partial charge in [-0.05, 0) is 55.0 Å². The number of aliphatic hydroxyl groups excluding tert-OH is 1. The number of imide groups is 1. The predicted molar refractivity (Wildman–Crippen MR) is 103 cm³/mol. The summed E-state index contributed by atoms with van der Waals surface area (Å²) in [6, 6.07) is 3.84. The molecule has 3 amide bonds. The van der Waals surface area contributed by atoms with Gasteiger partial charge in [0.1, 0.15) is 0 Å². The summed E-state index contributed by atoms with van der Waals surface area (Å²) in [6.07, 6.45) is 5.35. The summed E-state index contributed by atoms with van der Waals surface area (Å²) in [7, 11) is 0. The number of rotatable bonds is 6. The molecule has 8 heteroatoms. The lowest BCUT2D eigenvalue weighted by molar-refractivity contribution is -0.135. The van der Waals surface area contributed by atoms with Crippen molar-refractivity contribution in [2.24, 2.45) is 0 Å². The van der Waals surface area contributed by atoms with Gasteiger partial charge < -0.3 is 10.0 Å². The number of amides is 3. The molecule has 1 unspecified atom stereocenters. The molecule has 2 aliphatic rings. The monoisotopic (exact) mass is 394 g/mol. The number of nitrogens with zero attached hydrogens (tertiary/aromatic N) is 2. The number of hydrogen-bond donors (Lipinski definition) is 1. The van der Waals surface area contributed by atoms with E-state index < -0.39 is 0 Å². The maximum atomic E-state index is 12.6. The summed E-state index contributed by atoms with van der Waals surface area (Å²) >= 11 is 2.43. The van der Waals surface area contributed by atoms with E-state index in [2.05, 4.69) is 0 Å². The molecule has 2 aliphatic heterocycles. The number of thiophene rings is 1. The molecular weight excluding hydrogens is 372 g/mol. The highest BCUT2D eigenvalue weighted by Gasteiger charge is 2.36. The van der Waals surface area contributed by atoms with Crippen molar-refractivity contribution in [3.05, 3.63) is 27.3 Å². The Morgan fingerprint density at radius 2 is 2.19 bits per heavy atom. The first-order chi connectivity index (χ1) is 12.6. The van der Waals surface area contributed by atoms with Crippen molar-refractivity contribution in [1.29, 1.82) is 0 Å². The molecule has 3 heterocycles. The molecule has 0 spiro atoms. The Kier molecular flexibility index (Phi) is 6.50. The second-order valence-electron chi connectivity index (χ2n) is 6.35. The van der Waals surface area contributed by atoms with Gasteiger partial charge in [-0.2, -0.15) is 0 Å². The standard InChI is InChI=1S/C18H22N2O4S2/c21-10-7-13-4-1-2-8-19(13)16(22)6-9-20-17(23)15(26-18(20)24)12-14-5-3-11-25-14/h3,5,11-13,21H,1-2,4,6-10H2. The van der Waals surface area contributed by atoms with Crippen LogP contribution in [0.1, 0.15) is 37.0 Å². The highest BCUT2D eigenvalue weighted by atomic mass is 32.2. The highest BCUT2D eigenvalue weighted by molar-refractivity contribution is 8.18. The maximum Gasteiger partial charge on any atom is 0.293 e. The van der Waals surface area contributed by atoms with Gasteiger partial charge in [0, 0.05) is 37.0 Å². The zero-order valence-electron chi connectivity index (χ0n) is 14.4. The van der Waals surface area contributed by atoms with Gasteiger partial charge >= 0.3 is 0 Å². The van der Waals surface area contributed by atoms with Gasteiger partial charge in [-0.15, -0.1) is 11.3 Å². The van der Waals surface area contributed by atoms with Crippen LogP contribution in [0.4, 0.5) is 4.79 Å². The first kappa shape index (κ1) is 19.1. The predicted octanol–water partition coefficient (Wildman–Crippen LogP) is 2.94. The quantitative estimate of drug-likeness (QED) is 0.751. The van der Waals surface area contributed by atoms with Crippen LogP contribution in [0.5, 0.6) is 0 Å². The maximum absolute atomic E-state index is 12.6. The third kappa shape index (κ3) is 4.36. The van der Waals surface area contributed by atoms with E-state index in [1.807, 2.05) is 17.5 Å². The summed E-state index contributed by atoms with van der Waals surface area (Å²) in [4.78, 5) is 41.5. The minimum absolute atomic E-state index is 0.0514. The molecule has 2 saturated heterocycles. The van der Waals surface area contributed by atoms with Gasteiger partial charge in [-0.1, -0.05) is 6.07 Å². The van der Waals surface area contributed by atoms with E-state index in [9.17, 15) is 19.5 Å². The van der Waals surface area contributed by atoms with E-state index in [0.717, 1.165) is 40.8 Å². The zero-order chi connectivity index (χ0) is 18.5. The van der Waals surface area contributed by atoms with Crippen molar-refractivity contribution in [1.82, 2.24) is 9.80 Å². The zero-order valence-corrected chi connectivity index (χ0v) is 16.1. The van der Waals surface area contributed by atoms with Crippen molar-refractivity contribution >= 4 is 46.2 Å². The molecule has 0 bridgehead atoms. The summed E-state index contributed by atoms with van der Waals surface area (Å²) in [5.74, 6) is -0.379. The fourth-order valence-electron chi connectivity index (χ4n) is 3.32. The number of carbonyl (C=O) groups is 3. The minimum Gasteiger partial charge on any atom is -0.396 e. The molecule has 0 radical (unpaired) electrons. The van der Waals surface area contributed by atoms with Gasteiger partial charge in [0.2, 0.25) is 5.91 Å². The summed E-state index contributed by atoms with van der Waals surface area (Å²) in [6.45, 7) is 0.850. The summed E-state index contributed by atoms with van der Waals surface area (Å²) in [5.41, 5.74) is 0. The summed E-state index contributed by atoms with van der Waals surface area (Å²) in [5, 5.41) is 10.8. The fraction of sp³-hybridized carbons (Fsp3) is 0.500. The topological polar surface area (TPSA) is 77.9 Å². The largest absolute Gasteiger partial charge is 0.396 e. The number of carbonyl (C=O) groups excluding carboxylic acids is 3. The van der Waals surface area contributed by atoms with E-state index in [1.54, 1.807) is 11.0 Å². The Labute approximate surface area is 160 Å². The van der Waals surface area contributed by atoms with Crippen LogP contribution >= 0.6 is 23.1 Å². The van der Waals surface area contributed by atoms with Crippen molar-refractivity contribution in [3.8, 4) is 0 Å². The lowest BCUT2D eigenvalue weighted by atomic mass is 9.99. The second-order valence-corrected chi connectivity index (χ2v) is 8.32. The Bertz CT molecular complexity index is 700. The third-order valence-electron chi connectivity index (χ3n) is 4.65. The minimum atomic E-state index is -0.327. The van der Waals surface area contributed by atoms with Crippen molar-refractivity contribution in [2.45, 2.75) is 38.1 Å². The highest BCUT2D eigenvalue weighted by Crippen LogP contribution is 2.33. The molecule has 3 rings (SSSR count). The normalized spacial score (nSPS) is 22.5. The van der Waals surface area contributed by atoms with Gasteiger partial charge in [-0.3, -0.25) is 19.3 Å². The fourth-order valence-corrected chi connectivity index (χ4v) is 4.91. The van der Waals surface area contributed by atoms with E-state index in [1.165, 1.54) is 11.3 Å². The molecule has 1 aromatic rings. The average molecular weight is 395 g/mol. The number of likely N-dealkylation sites (tertiary alicyclic amines) is 1. The molecule has 2 fully saturated rings. The van der Waals surface area contributed by atoms with E-state index in [-0.39, 0.29) is 42.7 Å². The van der Waals surface area contributed by atoms with Crippen LogP contribution in [0.15, 0.2) is 22.4 Å². The van der Waals surface area contributed by atoms with Crippen molar-refractivity contribution < 1.29 is 19.5 Å². The van der Waals surface area contributed by atoms with Gasteiger partial charge in [0.05, 0.1) is 4.91 Å². The number of piperidine rings is 1. The van der Waals surface area contributed by atoms with E-state index in [0.29, 0.717) is 17.9 Å². The molecule has 1 aromatic heterocycles. The Morgan fingerprint density at radius 3 is 2.92 bits per heavy atom. The molecule has 0 aromatic carbocycles. The third-order valence-corrected chi connectivity index (χ3v) is 6.38. The first-order valence-corrected chi connectivity index (χ1v) is 10.5. The molecule has 0 saturated carbocycles. The molecular formula is C18H22N2O4S2. The molecule has 0 aliphatic carbocycles. The van der Waals surface area contributed by atoms with Crippen molar-refractivity contribution in [3.63, 3.8) is 0 Å². The number of aliphatic hydroxyl groups is 1.